The molecule has 1 unspecified atom stereocenters. The van der Waals surface area contributed by atoms with E-state index in [9.17, 15) is 4.79 Å². The first kappa shape index (κ1) is 15.0. The maximum atomic E-state index is 10.5. The quantitative estimate of drug-likeness (QED) is 0.393. The molecule has 0 aromatic rings. The van der Waals surface area contributed by atoms with Gasteiger partial charge >= 0.3 is 5.97 Å². The standard InChI is InChI=1S/C6H9ClO2.C3H9N/c1-4(2)6(8)9-5(3)7;1-4(2)3/h5H,1H2,2-3H3;1-3H3. The number of hydrogen-bond acceptors (Lipinski definition) is 3. The number of halogens is 1. The van der Waals surface area contributed by atoms with Gasteiger partial charge in [0.05, 0.1) is 0 Å². The lowest BCUT2D eigenvalue weighted by molar-refractivity contribution is -0.140. The van der Waals surface area contributed by atoms with Gasteiger partial charge in [-0.3, -0.25) is 0 Å². The summed E-state index contributed by atoms with van der Waals surface area (Å²) < 4.78 is 4.54. The first-order valence-electron chi connectivity index (χ1n) is 3.88. The predicted molar refractivity (Wildman–Crippen MR) is 55.8 cm³/mol. The minimum absolute atomic E-state index is 0.363. The number of carbonyl (C=O) groups is 1. The lowest BCUT2D eigenvalue weighted by Gasteiger charge is -2.03. The topological polar surface area (TPSA) is 29.5 Å². The second kappa shape index (κ2) is 8.08. The normalized spacial score (nSPS) is 11.3. The predicted octanol–water partition coefficient (Wildman–Crippen LogP) is 1.87. The van der Waals surface area contributed by atoms with Gasteiger partial charge in [0.2, 0.25) is 0 Å². The highest BCUT2D eigenvalue weighted by Crippen LogP contribution is 2.00. The first-order chi connectivity index (χ1) is 5.77. The van der Waals surface area contributed by atoms with Crippen molar-refractivity contribution in [1.82, 2.24) is 4.90 Å². The molecule has 0 saturated heterocycles. The summed E-state index contributed by atoms with van der Waals surface area (Å²) in [5, 5.41) is 0. The van der Waals surface area contributed by atoms with Crippen LogP contribution in [0.25, 0.3) is 0 Å². The average molecular weight is 208 g/mol. The number of ether oxygens (including phenoxy) is 1. The van der Waals surface area contributed by atoms with Gasteiger partial charge in [-0.1, -0.05) is 18.2 Å². The molecule has 0 aliphatic rings. The van der Waals surface area contributed by atoms with Crippen LogP contribution in [-0.4, -0.2) is 37.6 Å². The molecule has 0 spiro atoms. The third-order valence-electron chi connectivity index (χ3n) is 0.618. The van der Waals surface area contributed by atoms with E-state index >= 15 is 0 Å². The van der Waals surface area contributed by atoms with Crippen molar-refractivity contribution in [2.75, 3.05) is 21.1 Å². The average Bonchev–Trinajstić information content (AvgIpc) is 1.83. The van der Waals surface area contributed by atoms with Crippen molar-refractivity contribution in [2.45, 2.75) is 19.4 Å². The second-order valence-corrected chi connectivity index (χ2v) is 3.68. The van der Waals surface area contributed by atoms with Crippen LogP contribution < -0.4 is 0 Å². The van der Waals surface area contributed by atoms with Gasteiger partial charge in [0.25, 0.3) is 0 Å². The van der Waals surface area contributed by atoms with E-state index in [1.54, 1.807) is 13.8 Å². The Morgan fingerprint density at radius 3 is 1.85 bits per heavy atom. The molecule has 78 valence electrons. The molecule has 0 aliphatic carbocycles. The maximum absolute atomic E-state index is 10.5. The van der Waals surface area contributed by atoms with E-state index < -0.39 is 11.5 Å². The summed E-state index contributed by atoms with van der Waals surface area (Å²) in [5.74, 6) is -0.447. The molecule has 0 heterocycles. The zero-order valence-electron chi connectivity index (χ0n) is 8.93. The van der Waals surface area contributed by atoms with E-state index in [0.717, 1.165) is 0 Å². The number of rotatable bonds is 2. The maximum Gasteiger partial charge on any atom is 0.334 e. The van der Waals surface area contributed by atoms with Crippen molar-refractivity contribution in [1.29, 1.82) is 0 Å². The Labute approximate surface area is 85.3 Å². The SMILES string of the molecule is C=C(C)C(=O)OC(C)Cl.CN(C)C. The zero-order valence-corrected chi connectivity index (χ0v) is 9.68. The number of alkyl halides is 1. The Balaban J connectivity index is 0. The minimum Gasteiger partial charge on any atom is -0.443 e. The highest BCUT2D eigenvalue weighted by Gasteiger charge is 2.05. The summed E-state index contributed by atoms with van der Waals surface area (Å²) in [6, 6.07) is 0. The van der Waals surface area contributed by atoms with Gasteiger partial charge in [-0.2, -0.15) is 0 Å². The smallest absolute Gasteiger partial charge is 0.334 e. The van der Waals surface area contributed by atoms with Crippen molar-refractivity contribution >= 4 is 17.6 Å². The molecule has 0 fully saturated rings. The molecule has 0 amide bonds. The van der Waals surface area contributed by atoms with E-state index in [4.69, 9.17) is 11.6 Å². The van der Waals surface area contributed by atoms with Crippen molar-refractivity contribution in [3.8, 4) is 0 Å². The number of esters is 1. The van der Waals surface area contributed by atoms with Crippen LogP contribution in [0.4, 0.5) is 0 Å². The molecular weight excluding hydrogens is 190 g/mol. The molecule has 0 aliphatic heterocycles. The van der Waals surface area contributed by atoms with E-state index in [1.807, 2.05) is 26.0 Å². The fourth-order valence-corrected chi connectivity index (χ4v) is 0.329. The third kappa shape index (κ3) is 18.4. The first-order valence-corrected chi connectivity index (χ1v) is 4.32. The summed E-state index contributed by atoms with van der Waals surface area (Å²) in [7, 11) is 6.00. The monoisotopic (exact) mass is 207 g/mol. The largest absolute Gasteiger partial charge is 0.443 e. The van der Waals surface area contributed by atoms with Gasteiger partial charge in [-0.05, 0) is 35.0 Å². The van der Waals surface area contributed by atoms with Crippen molar-refractivity contribution in [3.63, 3.8) is 0 Å². The summed E-state index contributed by atoms with van der Waals surface area (Å²) in [6.07, 6.45) is 0. The Morgan fingerprint density at radius 2 is 1.77 bits per heavy atom. The summed E-state index contributed by atoms with van der Waals surface area (Å²) in [5.41, 5.74) is -0.211. The van der Waals surface area contributed by atoms with E-state index in [0.29, 0.717) is 5.57 Å². The molecule has 13 heavy (non-hydrogen) atoms. The van der Waals surface area contributed by atoms with Gasteiger partial charge in [0.1, 0.15) is 0 Å². The van der Waals surface area contributed by atoms with Crippen molar-refractivity contribution in [3.05, 3.63) is 12.2 Å². The van der Waals surface area contributed by atoms with Gasteiger partial charge < -0.3 is 9.64 Å². The Morgan fingerprint density at radius 1 is 1.46 bits per heavy atom. The van der Waals surface area contributed by atoms with Crippen LogP contribution in [0, 0.1) is 0 Å². The van der Waals surface area contributed by atoms with Gasteiger partial charge in [0, 0.05) is 5.57 Å². The van der Waals surface area contributed by atoms with Crippen LogP contribution in [0.1, 0.15) is 13.8 Å². The summed E-state index contributed by atoms with van der Waals surface area (Å²) in [6.45, 7) is 6.52. The van der Waals surface area contributed by atoms with Crippen molar-refractivity contribution in [2.24, 2.45) is 0 Å². The van der Waals surface area contributed by atoms with Crippen LogP contribution in [0.15, 0.2) is 12.2 Å². The Hall–Kier alpha value is -0.540. The minimum atomic E-state index is -0.575. The van der Waals surface area contributed by atoms with Crippen LogP contribution in [0.2, 0.25) is 0 Å². The molecule has 0 radical (unpaired) electrons. The molecular formula is C9H18ClNO2. The lowest BCUT2D eigenvalue weighted by atomic mass is 10.4. The summed E-state index contributed by atoms with van der Waals surface area (Å²) >= 11 is 5.33. The van der Waals surface area contributed by atoms with Gasteiger partial charge in [-0.15, -0.1) is 0 Å². The van der Waals surface area contributed by atoms with Gasteiger partial charge in [-0.25, -0.2) is 4.79 Å². The van der Waals surface area contributed by atoms with Crippen LogP contribution in [0.3, 0.4) is 0 Å². The van der Waals surface area contributed by atoms with Crippen LogP contribution in [-0.2, 0) is 9.53 Å². The van der Waals surface area contributed by atoms with Crippen molar-refractivity contribution < 1.29 is 9.53 Å². The third-order valence-corrected chi connectivity index (χ3v) is 0.707. The number of nitrogens with zero attached hydrogens (tertiary/aromatic N) is 1. The molecule has 3 nitrogen and oxygen atoms in total. The van der Waals surface area contributed by atoms with Gasteiger partial charge in [0.15, 0.2) is 5.56 Å². The molecule has 0 aromatic heterocycles. The molecule has 0 bridgehead atoms. The molecule has 0 rings (SSSR count). The lowest BCUT2D eigenvalue weighted by Crippen LogP contribution is -2.09. The molecule has 0 aromatic carbocycles. The fourth-order valence-electron chi connectivity index (χ4n) is 0.248. The van der Waals surface area contributed by atoms with E-state index in [2.05, 4.69) is 11.3 Å². The molecule has 1 atom stereocenters. The van der Waals surface area contributed by atoms with Crippen LogP contribution >= 0.6 is 11.6 Å². The highest BCUT2D eigenvalue weighted by molar-refractivity contribution is 6.20. The highest BCUT2D eigenvalue weighted by atomic mass is 35.5. The van der Waals surface area contributed by atoms with E-state index in [1.165, 1.54) is 0 Å². The second-order valence-electron chi connectivity index (χ2n) is 3.07. The molecule has 0 N–H and O–H groups in total. The zero-order chi connectivity index (χ0) is 11.0. The number of hydrogen-bond donors (Lipinski definition) is 0. The number of carbonyl (C=O) groups excluding carboxylic acids is 1. The Kier molecular flexibility index (Phi) is 9.29. The molecule has 4 heteroatoms. The van der Waals surface area contributed by atoms with Crippen LogP contribution in [0.5, 0.6) is 0 Å². The van der Waals surface area contributed by atoms with E-state index in [-0.39, 0.29) is 0 Å². The molecule has 0 saturated carbocycles. The summed E-state index contributed by atoms with van der Waals surface area (Å²) in [4.78, 5) is 12.5. The fraction of sp³-hybridized carbons (Fsp3) is 0.667. The Bertz CT molecular complexity index is 164.